The van der Waals surface area contributed by atoms with E-state index in [1.807, 2.05) is 0 Å². The van der Waals surface area contributed by atoms with Crippen molar-refractivity contribution in [3.05, 3.63) is 52.8 Å². The van der Waals surface area contributed by atoms with Crippen LogP contribution >= 0.6 is 0 Å². The van der Waals surface area contributed by atoms with Gasteiger partial charge in [-0.2, -0.15) is 0 Å². The molecule has 2 aromatic rings. The van der Waals surface area contributed by atoms with Crippen molar-refractivity contribution in [2.45, 2.75) is 25.5 Å². The van der Waals surface area contributed by atoms with E-state index < -0.39 is 11.4 Å². The van der Waals surface area contributed by atoms with Gasteiger partial charge >= 0.3 is 0 Å². The van der Waals surface area contributed by atoms with Crippen molar-refractivity contribution in [3.8, 4) is 11.3 Å². The number of rotatable bonds is 5. The first-order valence-corrected chi connectivity index (χ1v) is 7.83. The smallest absolute Gasteiger partial charge is 0.254 e. The Labute approximate surface area is 138 Å². The number of nitrogens with zero attached hydrogens (tertiary/aromatic N) is 2. The zero-order valence-corrected chi connectivity index (χ0v) is 13.1. The molecule has 1 fully saturated rings. The highest BCUT2D eigenvalue weighted by molar-refractivity contribution is 5.75. The van der Waals surface area contributed by atoms with E-state index in [1.165, 1.54) is 23.0 Å². The Hall–Kier alpha value is -2.54. The molecule has 1 aliphatic heterocycles. The van der Waals surface area contributed by atoms with Crippen LogP contribution in [0, 0.1) is 5.82 Å². The molecule has 24 heavy (non-hydrogen) atoms. The highest BCUT2D eigenvalue weighted by atomic mass is 19.1. The lowest BCUT2D eigenvalue weighted by molar-refractivity contribution is -0.122. The summed E-state index contributed by atoms with van der Waals surface area (Å²) in [6.45, 7) is 1.03. The lowest BCUT2D eigenvalue weighted by Crippen LogP contribution is -2.36. The Morgan fingerprint density at radius 2 is 2.25 bits per heavy atom. The summed E-state index contributed by atoms with van der Waals surface area (Å²) >= 11 is 0. The summed E-state index contributed by atoms with van der Waals surface area (Å²) in [5, 5.41) is 2.74. The molecule has 1 N–H and O–H groups in total. The zero-order chi connectivity index (χ0) is 16.9. The molecule has 0 radical (unpaired) electrons. The second-order valence-corrected chi connectivity index (χ2v) is 5.66. The topological polar surface area (TPSA) is 73.2 Å². The summed E-state index contributed by atoms with van der Waals surface area (Å²) in [5.74, 6) is -0.732. The molecule has 6 nitrogen and oxygen atoms in total. The van der Waals surface area contributed by atoms with Crippen LogP contribution in [0.5, 0.6) is 0 Å². The van der Waals surface area contributed by atoms with E-state index in [9.17, 15) is 14.0 Å². The van der Waals surface area contributed by atoms with Gasteiger partial charge in [0.1, 0.15) is 12.4 Å². The summed E-state index contributed by atoms with van der Waals surface area (Å²) in [7, 11) is 0. The van der Waals surface area contributed by atoms with E-state index in [2.05, 4.69) is 10.3 Å². The Morgan fingerprint density at radius 1 is 1.42 bits per heavy atom. The normalized spacial score (nSPS) is 17.0. The number of halogens is 1. The molecule has 1 unspecified atom stereocenters. The van der Waals surface area contributed by atoms with Gasteiger partial charge in [-0.3, -0.25) is 14.2 Å². The van der Waals surface area contributed by atoms with Crippen LogP contribution in [0.3, 0.4) is 0 Å². The lowest BCUT2D eigenvalue weighted by Gasteiger charge is -2.11. The molecular weight excluding hydrogens is 313 g/mol. The van der Waals surface area contributed by atoms with Crippen LogP contribution in [0.15, 0.2) is 41.5 Å². The maximum Gasteiger partial charge on any atom is 0.254 e. The molecule has 126 valence electrons. The number of aromatic nitrogens is 2. The monoisotopic (exact) mass is 331 g/mol. The molecule has 7 heteroatoms. The summed E-state index contributed by atoms with van der Waals surface area (Å²) in [4.78, 5) is 28.1. The average molecular weight is 331 g/mol. The first kappa shape index (κ1) is 16.3. The van der Waals surface area contributed by atoms with Crippen LogP contribution in [0.1, 0.15) is 12.8 Å². The molecule has 3 rings (SSSR count). The largest absolute Gasteiger partial charge is 0.376 e. The molecule has 1 amide bonds. The molecule has 1 aromatic heterocycles. The van der Waals surface area contributed by atoms with Gasteiger partial charge in [0.05, 0.1) is 18.1 Å². The van der Waals surface area contributed by atoms with E-state index in [1.54, 1.807) is 18.2 Å². The van der Waals surface area contributed by atoms with E-state index in [0.29, 0.717) is 6.54 Å². The van der Waals surface area contributed by atoms with Crippen molar-refractivity contribution in [1.82, 2.24) is 14.9 Å². The third kappa shape index (κ3) is 3.86. The first-order valence-electron chi connectivity index (χ1n) is 7.83. The maximum atomic E-state index is 13.7. The van der Waals surface area contributed by atoms with Gasteiger partial charge in [-0.05, 0) is 25.0 Å². The number of amides is 1. The number of hydrogen-bond donors (Lipinski definition) is 1. The highest BCUT2D eigenvalue weighted by Gasteiger charge is 2.16. The number of nitrogens with one attached hydrogen (secondary N) is 1. The van der Waals surface area contributed by atoms with Gasteiger partial charge in [-0.25, -0.2) is 9.37 Å². The second kappa shape index (κ2) is 7.35. The average Bonchev–Trinajstić information content (AvgIpc) is 3.09. The lowest BCUT2D eigenvalue weighted by atomic mass is 10.1. The Morgan fingerprint density at radius 3 is 2.96 bits per heavy atom. The highest BCUT2D eigenvalue weighted by Crippen LogP contribution is 2.18. The Bertz CT molecular complexity index is 785. The van der Waals surface area contributed by atoms with E-state index in [-0.39, 0.29) is 29.8 Å². The third-order valence-corrected chi connectivity index (χ3v) is 3.89. The van der Waals surface area contributed by atoms with Crippen LogP contribution in [0.4, 0.5) is 4.39 Å². The van der Waals surface area contributed by atoms with Crippen molar-refractivity contribution in [2.24, 2.45) is 0 Å². The number of carbonyl (C=O) groups is 1. The summed E-state index contributed by atoms with van der Waals surface area (Å²) in [6, 6.07) is 7.32. The molecule has 2 heterocycles. The van der Waals surface area contributed by atoms with Gasteiger partial charge in [-0.15, -0.1) is 0 Å². The van der Waals surface area contributed by atoms with E-state index >= 15 is 0 Å². The van der Waals surface area contributed by atoms with Crippen LogP contribution in [-0.2, 0) is 16.1 Å². The Balaban J connectivity index is 1.65. The molecule has 0 bridgehead atoms. The van der Waals surface area contributed by atoms with Crippen molar-refractivity contribution in [1.29, 1.82) is 0 Å². The summed E-state index contributed by atoms with van der Waals surface area (Å²) < 4.78 is 20.4. The van der Waals surface area contributed by atoms with Gasteiger partial charge in [0.15, 0.2) is 0 Å². The van der Waals surface area contributed by atoms with E-state index in [0.717, 1.165) is 19.4 Å². The fraction of sp³-hybridized carbons (Fsp3) is 0.353. The van der Waals surface area contributed by atoms with Gasteiger partial charge in [0, 0.05) is 24.8 Å². The standard InChI is InChI=1S/C17H18FN3O3/c18-14-6-2-1-5-13(14)15-8-17(23)21(11-20-15)10-16(22)19-9-12-4-3-7-24-12/h1-2,5-6,8,11-12H,3-4,7,9-10H2,(H,19,22). The number of carbonyl (C=O) groups excluding carboxylic acids is 1. The minimum absolute atomic E-state index is 0.0484. The number of benzene rings is 1. The minimum atomic E-state index is -0.448. The van der Waals surface area contributed by atoms with Crippen molar-refractivity contribution in [2.75, 3.05) is 13.2 Å². The minimum Gasteiger partial charge on any atom is -0.376 e. The third-order valence-electron chi connectivity index (χ3n) is 3.89. The van der Waals surface area contributed by atoms with Gasteiger partial charge in [0.2, 0.25) is 5.91 Å². The van der Waals surface area contributed by atoms with Crippen LogP contribution in [0.25, 0.3) is 11.3 Å². The summed E-state index contributed by atoms with van der Waals surface area (Å²) in [5.41, 5.74) is 0.0919. The van der Waals surface area contributed by atoms with Crippen LogP contribution < -0.4 is 10.9 Å². The van der Waals surface area contributed by atoms with Crippen LogP contribution in [-0.4, -0.2) is 34.7 Å². The van der Waals surface area contributed by atoms with Gasteiger partial charge in [0.25, 0.3) is 5.56 Å². The van der Waals surface area contributed by atoms with Crippen molar-refractivity contribution >= 4 is 5.91 Å². The van der Waals surface area contributed by atoms with Crippen molar-refractivity contribution in [3.63, 3.8) is 0 Å². The SMILES string of the molecule is O=C(Cn1cnc(-c2ccccc2F)cc1=O)NCC1CCCO1. The predicted molar refractivity (Wildman–Crippen MR) is 85.9 cm³/mol. The molecular formula is C17H18FN3O3. The first-order chi connectivity index (χ1) is 11.6. The quantitative estimate of drug-likeness (QED) is 0.897. The predicted octanol–water partition coefficient (Wildman–Crippen LogP) is 1.34. The molecule has 1 saturated heterocycles. The maximum absolute atomic E-state index is 13.7. The number of ether oxygens (including phenoxy) is 1. The zero-order valence-electron chi connectivity index (χ0n) is 13.1. The molecule has 1 atom stereocenters. The van der Waals surface area contributed by atoms with Crippen LogP contribution in [0.2, 0.25) is 0 Å². The molecule has 1 aliphatic rings. The molecule has 1 aromatic carbocycles. The van der Waals surface area contributed by atoms with Gasteiger partial charge < -0.3 is 10.1 Å². The second-order valence-electron chi connectivity index (χ2n) is 5.66. The van der Waals surface area contributed by atoms with Crippen molar-refractivity contribution < 1.29 is 13.9 Å². The molecule has 0 aliphatic carbocycles. The Kier molecular flexibility index (Phi) is 5.00. The molecule has 0 spiro atoms. The van der Waals surface area contributed by atoms with E-state index in [4.69, 9.17) is 4.74 Å². The number of hydrogen-bond acceptors (Lipinski definition) is 4. The summed E-state index contributed by atoms with van der Waals surface area (Å²) in [6.07, 6.45) is 3.24. The van der Waals surface area contributed by atoms with Gasteiger partial charge in [-0.1, -0.05) is 12.1 Å². The fourth-order valence-electron chi connectivity index (χ4n) is 2.60. The fourth-order valence-corrected chi connectivity index (χ4v) is 2.60. The molecule has 0 saturated carbocycles.